The Morgan fingerprint density at radius 1 is 0.500 bits per heavy atom. The number of carbonyl (C=O) groups is 2. The van der Waals surface area contributed by atoms with Crippen molar-refractivity contribution in [1.82, 2.24) is 20.2 Å². The standard InChI is InChI=1S/C24H30F6N2O3.C17H16F6N2O.C11H24O4.C8H17ClO2.2C7H14O3.C3H8O2/c1-34-13-14-35-12-5-4-11-32-10-3-2-9-19(32)22(33)17-15-20(24(28,29)30)31-21-16(17)7-6-8-18(21)23(25,26)27;18-16(19,20)11-5-3-4-9-10(15(26)12-6-1-2-7-24-12)8-13(17(21,22)23)25-14(9)11;1-4-14-11(15-5-2)7-6-8-13-10-9-12-3;1-3-10-8(11-4-2)6-5-7-9;2*1-9-6-7-10-5-3-2-4-8;1-5-3-2-4/h6-8,15,19,22,33H,2-5,9-14H2,1H3;3-5,8,12,15,24,26H,1-2,6-7H2;11H,4-10H2,1-3H3;8H,3-7H2,1-2H3;2*4H,2-3,5-7H2,1H3;4H,2-3H2,1H3. The SMILES string of the molecule is CCOC(CCCCl)OCC.CCOC(CCCOCCOC)OCC.COCCO.COCCOCCCC=O.COCCOCCCC=O.COCCOCCCCN1CCCCC1C(O)c1cc(C(F)(F)F)nc2c(C(F)(F)F)cccc12.OC(c1cc(C(F)(F)F)nc2c(C(F)(F)F)cccc12)C1CCCCN1. The molecular weight excluding hydrogens is 1530 g/mol. The van der Waals surface area contributed by atoms with Crippen molar-refractivity contribution in [2.24, 2.45) is 0 Å². The summed E-state index contributed by atoms with van der Waals surface area (Å²) in [5, 5.41) is 32.5. The predicted molar refractivity (Wildman–Crippen MR) is 401 cm³/mol. The Kier molecular flexibility index (Phi) is 62.6. The maximum Gasteiger partial charge on any atom is 0.433 e. The highest BCUT2D eigenvalue weighted by Gasteiger charge is 2.41. The average molecular weight is 1660 g/mol. The number of aromatic nitrogens is 2. The predicted octanol–water partition coefficient (Wildman–Crippen LogP) is 15.2. The molecule has 2 aromatic carbocycles. The van der Waals surface area contributed by atoms with Gasteiger partial charge in [-0.3, -0.25) is 4.90 Å². The lowest BCUT2D eigenvalue weighted by Gasteiger charge is -2.39. The van der Waals surface area contributed by atoms with Crippen molar-refractivity contribution < 1.29 is 139 Å². The van der Waals surface area contributed by atoms with Crippen LogP contribution in [0.5, 0.6) is 0 Å². The van der Waals surface area contributed by atoms with Crippen molar-refractivity contribution in [3.05, 3.63) is 82.2 Å². The molecule has 4 unspecified atom stereocenters. The zero-order chi connectivity index (χ0) is 84.1. The Morgan fingerprint density at radius 2 is 0.902 bits per heavy atom. The summed E-state index contributed by atoms with van der Waals surface area (Å²) in [6.07, 6.45) is -8.42. The van der Waals surface area contributed by atoms with Crippen LogP contribution in [0.2, 0.25) is 0 Å². The molecule has 4 atom stereocenters. The first-order chi connectivity index (χ1) is 53.6. The zero-order valence-corrected chi connectivity index (χ0v) is 67.1. The van der Waals surface area contributed by atoms with Crippen LogP contribution in [0.15, 0.2) is 48.5 Å². The van der Waals surface area contributed by atoms with Crippen LogP contribution in [0.3, 0.4) is 0 Å². The third-order valence-corrected chi connectivity index (χ3v) is 16.5. The van der Waals surface area contributed by atoms with E-state index in [9.17, 15) is 72.5 Å². The zero-order valence-electron chi connectivity index (χ0n) is 66.3. The molecule has 2 aliphatic rings. The fourth-order valence-electron chi connectivity index (χ4n) is 10.9. The van der Waals surface area contributed by atoms with E-state index < -0.39 is 82.5 Å². The molecule has 112 heavy (non-hydrogen) atoms. The number of alkyl halides is 13. The van der Waals surface area contributed by atoms with Gasteiger partial charge in [-0.2, -0.15) is 52.7 Å². The fraction of sp³-hybridized carbons (Fsp3) is 0.740. The lowest BCUT2D eigenvalue weighted by molar-refractivity contribution is -0.142. The molecular formula is C77H123ClF12N4O18. The number of nitrogens with zero attached hydrogens (tertiary/aromatic N) is 3. The first-order valence-corrected chi connectivity index (χ1v) is 38.4. The number of carbonyl (C=O) groups excluding carboxylic acids is 2. The number of pyridine rings is 2. The normalized spacial score (nSPS) is 15.3. The number of para-hydroxylation sites is 2. The van der Waals surface area contributed by atoms with E-state index in [1.165, 1.54) is 12.1 Å². The Labute approximate surface area is 657 Å². The number of nitrogens with one attached hydrogen (secondary N) is 1. The second-order valence-electron chi connectivity index (χ2n) is 24.7. The van der Waals surface area contributed by atoms with Crippen molar-refractivity contribution in [3.8, 4) is 0 Å². The van der Waals surface area contributed by atoms with Crippen molar-refractivity contribution in [2.45, 2.75) is 192 Å². The molecule has 4 aromatic rings. The highest BCUT2D eigenvalue weighted by atomic mass is 35.5. The number of fused-ring (bicyclic) bond motifs is 2. The molecule has 0 amide bonds. The number of rotatable bonds is 46. The highest BCUT2D eigenvalue weighted by Crippen LogP contribution is 2.43. The number of benzene rings is 2. The first kappa shape index (κ1) is 107. The molecule has 2 aliphatic heterocycles. The Bertz CT molecular complexity index is 2920. The molecule has 0 saturated carbocycles. The van der Waals surface area contributed by atoms with E-state index >= 15 is 0 Å². The van der Waals surface area contributed by atoms with Gasteiger partial charge in [-0.15, -0.1) is 11.6 Å². The number of piperidine rings is 2. The summed E-state index contributed by atoms with van der Waals surface area (Å²) in [5.41, 5.74) is -7.42. The van der Waals surface area contributed by atoms with Gasteiger partial charge in [0, 0.05) is 136 Å². The summed E-state index contributed by atoms with van der Waals surface area (Å²) in [4.78, 5) is 28.2. The number of hydrogen-bond donors (Lipinski definition) is 4. The summed E-state index contributed by atoms with van der Waals surface area (Å²) in [5.74, 6) is 0.677. The molecule has 0 bridgehead atoms. The molecule has 2 aromatic heterocycles. The summed E-state index contributed by atoms with van der Waals surface area (Å²) in [7, 11) is 8.07. The quantitative estimate of drug-likeness (QED) is 0.0105. The number of aliphatic hydroxyl groups excluding tert-OH is 3. The van der Waals surface area contributed by atoms with Crippen LogP contribution in [0.4, 0.5) is 52.7 Å². The molecule has 0 radical (unpaired) electrons. The van der Waals surface area contributed by atoms with Gasteiger partial charge >= 0.3 is 24.7 Å². The minimum atomic E-state index is -4.96. The Morgan fingerprint density at radius 3 is 1.26 bits per heavy atom. The summed E-state index contributed by atoms with van der Waals surface area (Å²) < 4.78 is 227. The van der Waals surface area contributed by atoms with Gasteiger partial charge in [-0.05, 0) is 153 Å². The van der Waals surface area contributed by atoms with Crippen molar-refractivity contribution in [3.63, 3.8) is 0 Å². The summed E-state index contributed by atoms with van der Waals surface area (Å²) in [6.45, 7) is 20.4. The maximum atomic E-state index is 13.6. The third kappa shape index (κ3) is 47.5. The van der Waals surface area contributed by atoms with Gasteiger partial charge in [0.1, 0.15) is 24.0 Å². The number of hydrogen-bond acceptors (Lipinski definition) is 22. The van der Waals surface area contributed by atoms with E-state index in [1.807, 2.05) is 32.6 Å². The van der Waals surface area contributed by atoms with Crippen LogP contribution in [0.1, 0.15) is 176 Å². The van der Waals surface area contributed by atoms with E-state index in [0.29, 0.717) is 181 Å². The number of unbranched alkanes of at least 4 members (excludes halogenated alkanes) is 3. The highest BCUT2D eigenvalue weighted by molar-refractivity contribution is 6.17. The molecule has 2 saturated heterocycles. The number of likely N-dealkylation sites (tertiary alicyclic amines) is 1. The lowest BCUT2D eigenvalue weighted by Crippen LogP contribution is -2.44. The first-order valence-electron chi connectivity index (χ1n) is 37.8. The smallest absolute Gasteiger partial charge is 0.394 e. The van der Waals surface area contributed by atoms with E-state index in [0.717, 1.165) is 108 Å². The molecule has 4 heterocycles. The Balaban J connectivity index is 0.00000140. The van der Waals surface area contributed by atoms with Gasteiger partial charge in [-0.25, -0.2) is 9.97 Å². The third-order valence-electron chi connectivity index (χ3n) is 16.3. The second-order valence-corrected chi connectivity index (χ2v) is 25.1. The number of methoxy groups -OCH3 is 5. The van der Waals surface area contributed by atoms with Gasteiger partial charge in [-0.1, -0.05) is 37.1 Å². The summed E-state index contributed by atoms with van der Waals surface area (Å²) >= 11 is 5.53. The van der Waals surface area contributed by atoms with Crippen molar-refractivity contribution in [1.29, 1.82) is 0 Å². The molecule has 4 N–H and O–H groups in total. The van der Waals surface area contributed by atoms with Gasteiger partial charge in [0.15, 0.2) is 12.6 Å². The molecule has 2 fully saturated rings. The van der Waals surface area contributed by atoms with E-state index in [2.05, 4.69) is 20.0 Å². The molecule has 0 spiro atoms. The van der Waals surface area contributed by atoms with Crippen LogP contribution in [-0.2, 0) is 95.9 Å². The van der Waals surface area contributed by atoms with Crippen molar-refractivity contribution in [2.75, 3.05) is 180 Å². The van der Waals surface area contributed by atoms with E-state index in [-0.39, 0.29) is 41.1 Å². The minimum absolute atomic E-state index is 0.0521. The lowest BCUT2D eigenvalue weighted by atomic mass is 9.90. The fourth-order valence-corrected chi connectivity index (χ4v) is 11.1. The van der Waals surface area contributed by atoms with Crippen LogP contribution < -0.4 is 5.32 Å². The maximum absolute atomic E-state index is 13.6. The molecule has 22 nitrogen and oxygen atoms in total. The number of aliphatic hydroxyl groups is 3. The monoisotopic (exact) mass is 1650 g/mol. The summed E-state index contributed by atoms with van der Waals surface area (Å²) in [6, 6.07) is 6.43. The second kappa shape index (κ2) is 65.4. The Hall–Kier alpha value is -4.67. The topological polar surface area (TPSA) is 256 Å². The number of ether oxygens (including phenoxy) is 13. The molecule has 6 rings (SSSR count). The number of aldehydes is 2. The van der Waals surface area contributed by atoms with E-state index in [4.69, 9.17) is 73.5 Å². The van der Waals surface area contributed by atoms with Crippen LogP contribution in [-0.4, -0.2) is 247 Å². The average Bonchev–Trinajstić information content (AvgIpc) is 0.764. The van der Waals surface area contributed by atoms with E-state index in [1.54, 1.807) is 35.5 Å². The van der Waals surface area contributed by atoms with Gasteiger partial charge in [0.25, 0.3) is 0 Å². The molecule has 650 valence electrons. The van der Waals surface area contributed by atoms with Gasteiger partial charge < -0.3 is 91.8 Å². The molecule has 0 aliphatic carbocycles. The minimum Gasteiger partial charge on any atom is -0.394 e. The van der Waals surface area contributed by atoms with Crippen LogP contribution in [0.25, 0.3) is 21.8 Å². The van der Waals surface area contributed by atoms with Gasteiger partial charge in [0.05, 0.1) is 100 Å². The van der Waals surface area contributed by atoms with Crippen molar-refractivity contribution >= 4 is 46.0 Å². The largest absolute Gasteiger partial charge is 0.433 e. The molecule has 35 heteroatoms. The van der Waals surface area contributed by atoms with Crippen LogP contribution >= 0.6 is 11.6 Å². The van der Waals surface area contributed by atoms with Crippen LogP contribution in [0, 0.1) is 0 Å². The number of halogens is 13. The van der Waals surface area contributed by atoms with Gasteiger partial charge in [0.2, 0.25) is 0 Å².